The maximum atomic E-state index is 12.6. The number of carbonyl (C=O) groups is 1. The van der Waals surface area contributed by atoms with Gasteiger partial charge < -0.3 is 19.2 Å². The van der Waals surface area contributed by atoms with Crippen molar-refractivity contribution in [2.45, 2.75) is 20.0 Å². The molecule has 2 aromatic carbocycles. The standard InChI is InChI=1S/C22H25N3O5/c1-5-25(12-14-7-6-8-15(9-14)22(27)30-4)13-20-23-17-11-19(29-3)18(28-2)10-16(17)21(26)24-20/h6-11H,5,12-13H2,1-4H3,(H,23,24,26). The Kier molecular flexibility index (Phi) is 6.68. The van der Waals surface area contributed by atoms with Crippen LogP contribution in [0.25, 0.3) is 10.9 Å². The summed E-state index contributed by atoms with van der Waals surface area (Å²) in [4.78, 5) is 33.9. The molecule has 0 saturated carbocycles. The molecule has 1 N–H and O–H groups in total. The fraction of sp³-hybridized carbons (Fsp3) is 0.318. The molecule has 0 radical (unpaired) electrons. The smallest absolute Gasteiger partial charge is 0.337 e. The summed E-state index contributed by atoms with van der Waals surface area (Å²) in [5, 5.41) is 0.435. The molecule has 3 rings (SSSR count). The van der Waals surface area contributed by atoms with Crippen molar-refractivity contribution in [1.29, 1.82) is 0 Å². The van der Waals surface area contributed by atoms with Gasteiger partial charge >= 0.3 is 5.97 Å². The van der Waals surface area contributed by atoms with E-state index in [0.29, 0.717) is 46.9 Å². The van der Waals surface area contributed by atoms with Crippen molar-refractivity contribution in [3.8, 4) is 11.5 Å². The molecule has 30 heavy (non-hydrogen) atoms. The molecule has 0 fully saturated rings. The second-order valence-corrected chi connectivity index (χ2v) is 6.73. The average molecular weight is 411 g/mol. The SMILES string of the molecule is CCN(Cc1cccc(C(=O)OC)c1)Cc1nc2cc(OC)c(OC)cc2c(=O)[nH]1. The maximum absolute atomic E-state index is 12.6. The van der Waals surface area contributed by atoms with Gasteiger partial charge in [0.1, 0.15) is 5.82 Å². The van der Waals surface area contributed by atoms with Gasteiger partial charge in [0.2, 0.25) is 0 Å². The van der Waals surface area contributed by atoms with Gasteiger partial charge in [-0.25, -0.2) is 9.78 Å². The third kappa shape index (κ3) is 4.60. The highest BCUT2D eigenvalue weighted by atomic mass is 16.5. The van der Waals surface area contributed by atoms with E-state index >= 15 is 0 Å². The van der Waals surface area contributed by atoms with E-state index in [2.05, 4.69) is 14.9 Å². The van der Waals surface area contributed by atoms with Crippen molar-refractivity contribution >= 4 is 16.9 Å². The largest absolute Gasteiger partial charge is 0.493 e. The molecule has 0 aliphatic heterocycles. The van der Waals surface area contributed by atoms with Crippen LogP contribution in [0.5, 0.6) is 11.5 Å². The number of hydrogen-bond donors (Lipinski definition) is 1. The van der Waals surface area contributed by atoms with Crippen LogP contribution in [-0.2, 0) is 17.8 Å². The molecule has 0 aliphatic carbocycles. The van der Waals surface area contributed by atoms with Gasteiger partial charge in [-0.1, -0.05) is 19.1 Å². The number of hydrogen-bond acceptors (Lipinski definition) is 7. The van der Waals surface area contributed by atoms with E-state index in [1.165, 1.54) is 14.2 Å². The lowest BCUT2D eigenvalue weighted by Crippen LogP contribution is -2.25. The van der Waals surface area contributed by atoms with Crippen LogP contribution in [0.4, 0.5) is 0 Å². The number of esters is 1. The van der Waals surface area contributed by atoms with Crippen LogP contribution in [0.1, 0.15) is 28.7 Å². The Morgan fingerprint density at radius 3 is 2.47 bits per heavy atom. The number of nitrogens with zero attached hydrogens (tertiary/aromatic N) is 2. The Balaban J connectivity index is 1.86. The minimum atomic E-state index is -0.371. The molecule has 0 aliphatic rings. The van der Waals surface area contributed by atoms with Crippen molar-refractivity contribution in [2.75, 3.05) is 27.9 Å². The maximum Gasteiger partial charge on any atom is 0.337 e. The molecular weight excluding hydrogens is 386 g/mol. The number of carbonyl (C=O) groups excluding carboxylic acids is 1. The van der Waals surface area contributed by atoms with Crippen molar-refractivity contribution in [1.82, 2.24) is 14.9 Å². The first-order valence-corrected chi connectivity index (χ1v) is 9.53. The molecule has 0 atom stereocenters. The number of rotatable bonds is 8. The second kappa shape index (κ2) is 9.41. The highest BCUT2D eigenvalue weighted by molar-refractivity contribution is 5.89. The zero-order valence-corrected chi connectivity index (χ0v) is 17.5. The fourth-order valence-electron chi connectivity index (χ4n) is 3.25. The molecule has 1 aromatic heterocycles. The van der Waals surface area contributed by atoms with Gasteiger partial charge in [0.25, 0.3) is 5.56 Å². The monoisotopic (exact) mass is 411 g/mol. The van der Waals surface area contributed by atoms with E-state index in [1.807, 2.05) is 25.1 Å². The second-order valence-electron chi connectivity index (χ2n) is 6.73. The minimum Gasteiger partial charge on any atom is -0.493 e. The molecule has 0 unspecified atom stereocenters. The van der Waals surface area contributed by atoms with E-state index in [0.717, 1.165) is 12.1 Å². The van der Waals surface area contributed by atoms with Crippen LogP contribution in [-0.4, -0.2) is 48.7 Å². The highest BCUT2D eigenvalue weighted by Crippen LogP contribution is 2.30. The summed E-state index contributed by atoms with van der Waals surface area (Å²) >= 11 is 0. The van der Waals surface area contributed by atoms with E-state index in [-0.39, 0.29) is 11.5 Å². The summed E-state index contributed by atoms with van der Waals surface area (Å²) in [6.07, 6.45) is 0. The lowest BCUT2D eigenvalue weighted by Gasteiger charge is -2.20. The normalized spacial score (nSPS) is 11.0. The molecule has 0 saturated heterocycles. The van der Waals surface area contributed by atoms with Crippen LogP contribution in [0, 0.1) is 0 Å². The third-order valence-corrected chi connectivity index (χ3v) is 4.83. The van der Waals surface area contributed by atoms with Crippen LogP contribution in [0.2, 0.25) is 0 Å². The number of benzene rings is 2. The molecular formula is C22H25N3O5. The Hall–Kier alpha value is -3.39. The van der Waals surface area contributed by atoms with E-state index in [4.69, 9.17) is 14.2 Å². The zero-order valence-electron chi connectivity index (χ0n) is 17.5. The van der Waals surface area contributed by atoms with Gasteiger partial charge in [-0.15, -0.1) is 0 Å². The molecule has 0 spiro atoms. The lowest BCUT2D eigenvalue weighted by molar-refractivity contribution is 0.0600. The number of nitrogens with one attached hydrogen (secondary N) is 1. The van der Waals surface area contributed by atoms with Crippen LogP contribution >= 0.6 is 0 Å². The first kappa shape index (κ1) is 21.3. The number of H-pyrrole nitrogens is 1. The predicted molar refractivity (Wildman–Crippen MR) is 113 cm³/mol. The van der Waals surface area contributed by atoms with Crippen LogP contribution in [0.3, 0.4) is 0 Å². The van der Waals surface area contributed by atoms with Gasteiger partial charge in [0, 0.05) is 12.6 Å². The molecule has 3 aromatic rings. The van der Waals surface area contributed by atoms with Gasteiger partial charge in [-0.2, -0.15) is 0 Å². The van der Waals surface area contributed by atoms with Crippen molar-refractivity contribution in [3.05, 3.63) is 63.7 Å². The molecule has 158 valence electrons. The average Bonchev–Trinajstić information content (AvgIpc) is 2.77. The fourth-order valence-corrected chi connectivity index (χ4v) is 3.25. The summed E-state index contributed by atoms with van der Waals surface area (Å²) in [6, 6.07) is 10.6. The summed E-state index contributed by atoms with van der Waals surface area (Å²) in [5.41, 5.74) is 1.77. The molecule has 0 bridgehead atoms. The number of aromatic amines is 1. The van der Waals surface area contributed by atoms with Gasteiger partial charge in [-0.3, -0.25) is 9.69 Å². The molecule has 0 amide bonds. The Labute approximate surface area is 174 Å². The van der Waals surface area contributed by atoms with E-state index in [9.17, 15) is 9.59 Å². The molecule has 8 heteroatoms. The number of aromatic nitrogens is 2. The Morgan fingerprint density at radius 2 is 1.80 bits per heavy atom. The summed E-state index contributed by atoms with van der Waals surface area (Å²) in [6.45, 7) is 3.79. The summed E-state index contributed by atoms with van der Waals surface area (Å²) < 4.78 is 15.4. The first-order valence-electron chi connectivity index (χ1n) is 9.53. The first-order chi connectivity index (χ1) is 14.5. The Morgan fingerprint density at radius 1 is 1.07 bits per heavy atom. The molecule has 8 nitrogen and oxygen atoms in total. The quantitative estimate of drug-likeness (QED) is 0.570. The molecule has 1 heterocycles. The van der Waals surface area contributed by atoms with E-state index < -0.39 is 0 Å². The third-order valence-electron chi connectivity index (χ3n) is 4.83. The lowest BCUT2D eigenvalue weighted by atomic mass is 10.1. The topological polar surface area (TPSA) is 93.8 Å². The Bertz CT molecular complexity index is 1110. The number of methoxy groups -OCH3 is 3. The number of fused-ring (bicyclic) bond motifs is 1. The zero-order chi connectivity index (χ0) is 21.7. The van der Waals surface area contributed by atoms with E-state index in [1.54, 1.807) is 25.3 Å². The highest BCUT2D eigenvalue weighted by Gasteiger charge is 2.14. The minimum absolute atomic E-state index is 0.236. The predicted octanol–water partition coefficient (Wildman–Crippen LogP) is 2.75. The van der Waals surface area contributed by atoms with Crippen LogP contribution in [0.15, 0.2) is 41.2 Å². The summed E-state index contributed by atoms with van der Waals surface area (Å²) in [7, 11) is 4.42. The summed E-state index contributed by atoms with van der Waals surface area (Å²) in [5.74, 6) is 1.17. The van der Waals surface area contributed by atoms with Gasteiger partial charge in [-0.05, 0) is 30.3 Å². The van der Waals surface area contributed by atoms with Crippen molar-refractivity contribution in [2.24, 2.45) is 0 Å². The van der Waals surface area contributed by atoms with Crippen molar-refractivity contribution in [3.63, 3.8) is 0 Å². The van der Waals surface area contributed by atoms with Crippen LogP contribution < -0.4 is 15.0 Å². The van der Waals surface area contributed by atoms with Gasteiger partial charge in [0.15, 0.2) is 11.5 Å². The van der Waals surface area contributed by atoms with Crippen molar-refractivity contribution < 1.29 is 19.0 Å². The number of ether oxygens (including phenoxy) is 3. The van der Waals surface area contributed by atoms with Gasteiger partial charge in [0.05, 0.1) is 44.3 Å².